The lowest BCUT2D eigenvalue weighted by Crippen LogP contribution is -2.06. The summed E-state index contributed by atoms with van der Waals surface area (Å²) in [6.45, 7) is 0. The summed E-state index contributed by atoms with van der Waals surface area (Å²) < 4.78 is 23.8. The van der Waals surface area contributed by atoms with Gasteiger partial charge in [0, 0.05) is 16.5 Å². The highest BCUT2D eigenvalue weighted by atomic mass is 32.2. The molecule has 0 saturated carbocycles. The van der Waals surface area contributed by atoms with Crippen LogP contribution in [0.15, 0.2) is 41.3 Å². The Kier molecular flexibility index (Phi) is 2.74. The number of nitriles is 1. The molecule has 0 aliphatic heterocycles. The van der Waals surface area contributed by atoms with Crippen LogP contribution < -0.4 is 5.73 Å². The molecule has 0 saturated heterocycles. The normalized spacial score (nSPS) is 11.2. The van der Waals surface area contributed by atoms with E-state index in [0.29, 0.717) is 16.5 Å². The van der Waals surface area contributed by atoms with Crippen LogP contribution in [0.5, 0.6) is 0 Å². The SMILES string of the molecule is N#CCS(=O)(=O)c1ccc(N)c2ccccc12. The minimum atomic E-state index is -3.57. The number of benzene rings is 2. The Morgan fingerprint density at radius 1 is 1.12 bits per heavy atom. The van der Waals surface area contributed by atoms with E-state index in [1.165, 1.54) is 6.07 Å². The Balaban J connectivity index is 2.82. The Morgan fingerprint density at radius 2 is 1.76 bits per heavy atom. The summed E-state index contributed by atoms with van der Waals surface area (Å²) in [4.78, 5) is 0.156. The van der Waals surface area contributed by atoms with Crippen LogP contribution >= 0.6 is 0 Å². The van der Waals surface area contributed by atoms with Gasteiger partial charge in [-0.25, -0.2) is 8.42 Å². The van der Waals surface area contributed by atoms with Crippen LogP contribution in [0.4, 0.5) is 5.69 Å². The van der Waals surface area contributed by atoms with Crippen molar-refractivity contribution in [1.82, 2.24) is 0 Å². The van der Waals surface area contributed by atoms with Crippen molar-refractivity contribution in [3.05, 3.63) is 36.4 Å². The molecule has 2 aromatic rings. The van der Waals surface area contributed by atoms with Gasteiger partial charge in [0.1, 0.15) is 5.75 Å². The predicted molar refractivity (Wildman–Crippen MR) is 66.0 cm³/mol. The van der Waals surface area contributed by atoms with Crippen molar-refractivity contribution < 1.29 is 8.42 Å². The standard InChI is InChI=1S/C12H10N2O2S/c13-7-8-17(15,16)12-6-5-11(14)9-3-1-2-4-10(9)12/h1-6H,8,14H2. The molecule has 2 N–H and O–H groups in total. The van der Waals surface area contributed by atoms with Gasteiger partial charge in [0.25, 0.3) is 0 Å². The monoisotopic (exact) mass is 246 g/mol. The van der Waals surface area contributed by atoms with Gasteiger partial charge in [0.05, 0.1) is 11.0 Å². The number of sulfone groups is 1. The zero-order chi connectivity index (χ0) is 12.5. The number of anilines is 1. The molecule has 0 heterocycles. The van der Waals surface area contributed by atoms with Gasteiger partial charge < -0.3 is 5.73 Å². The van der Waals surface area contributed by atoms with Crippen molar-refractivity contribution in [3.8, 4) is 6.07 Å². The van der Waals surface area contributed by atoms with Gasteiger partial charge in [-0.05, 0) is 12.1 Å². The van der Waals surface area contributed by atoms with Crippen LogP contribution in [0, 0.1) is 11.3 Å². The second kappa shape index (κ2) is 4.07. The zero-order valence-electron chi connectivity index (χ0n) is 8.92. The van der Waals surface area contributed by atoms with Crippen LogP contribution in [-0.4, -0.2) is 14.2 Å². The summed E-state index contributed by atoms with van der Waals surface area (Å²) in [5, 5.41) is 9.78. The lowest BCUT2D eigenvalue weighted by molar-refractivity contribution is 0.600. The van der Waals surface area contributed by atoms with Crippen molar-refractivity contribution >= 4 is 26.3 Å². The van der Waals surface area contributed by atoms with E-state index < -0.39 is 15.6 Å². The van der Waals surface area contributed by atoms with Crippen molar-refractivity contribution in [3.63, 3.8) is 0 Å². The molecule has 0 amide bonds. The molecule has 4 nitrogen and oxygen atoms in total. The van der Waals surface area contributed by atoms with Gasteiger partial charge in [0.2, 0.25) is 0 Å². The molecular formula is C12H10N2O2S. The molecule has 2 aromatic carbocycles. The predicted octanol–water partition coefficient (Wildman–Crippen LogP) is 1.72. The first-order valence-electron chi connectivity index (χ1n) is 4.93. The largest absolute Gasteiger partial charge is 0.398 e. The van der Waals surface area contributed by atoms with Crippen molar-refractivity contribution in [2.45, 2.75) is 4.90 Å². The van der Waals surface area contributed by atoms with Crippen molar-refractivity contribution in [1.29, 1.82) is 5.26 Å². The topological polar surface area (TPSA) is 84.0 Å². The molecule has 0 bridgehead atoms. The van der Waals surface area contributed by atoms with Gasteiger partial charge in [-0.1, -0.05) is 24.3 Å². The fourth-order valence-corrected chi connectivity index (χ4v) is 2.84. The average molecular weight is 246 g/mol. The molecule has 2 rings (SSSR count). The summed E-state index contributed by atoms with van der Waals surface area (Å²) in [5.41, 5.74) is 6.31. The van der Waals surface area contributed by atoms with Crippen LogP contribution in [0.1, 0.15) is 0 Å². The lowest BCUT2D eigenvalue weighted by atomic mass is 10.1. The summed E-state index contributed by atoms with van der Waals surface area (Å²) in [6, 6.07) is 11.6. The van der Waals surface area contributed by atoms with E-state index in [4.69, 9.17) is 11.0 Å². The van der Waals surface area contributed by atoms with Crippen LogP contribution in [0.3, 0.4) is 0 Å². The van der Waals surface area contributed by atoms with Gasteiger partial charge >= 0.3 is 0 Å². The van der Waals surface area contributed by atoms with Crippen LogP contribution in [0.25, 0.3) is 10.8 Å². The first-order valence-corrected chi connectivity index (χ1v) is 6.58. The van der Waals surface area contributed by atoms with E-state index in [1.54, 1.807) is 36.4 Å². The molecule has 0 aliphatic carbocycles. The van der Waals surface area contributed by atoms with Crippen molar-refractivity contribution in [2.75, 3.05) is 11.5 Å². The molecule has 0 spiro atoms. The summed E-state index contributed by atoms with van der Waals surface area (Å²) >= 11 is 0. The second-order valence-electron chi connectivity index (χ2n) is 3.62. The lowest BCUT2D eigenvalue weighted by Gasteiger charge is -2.07. The third-order valence-corrected chi connectivity index (χ3v) is 4.04. The van der Waals surface area contributed by atoms with Gasteiger partial charge in [0.15, 0.2) is 9.84 Å². The molecule has 0 unspecified atom stereocenters. The number of rotatable bonds is 2. The van der Waals surface area contributed by atoms with Gasteiger partial charge in [-0.3, -0.25) is 0 Å². The van der Waals surface area contributed by atoms with Gasteiger partial charge in [-0.15, -0.1) is 0 Å². The number of nitrogens with two attached hydrogens (primary N) is 1. The fourth-order valence-electron chi connectivity index (χ4n) is 1.73. The van der Waals surface area contributed by atoms with E-state index in [0.717, 1.165) is 0 Å². The van der Waals surface area contributed by atoms with E-state index >= 15 is 0 Å². The average Bonchev–Trinajstić information content (AvgIpc) is 2.29. The Bertz CT molecular complexity index is 715. The first kappa shape index (κ1) is 11.4. The first-order chi connectivity index (χ1) is 8.06. The summed E-state index contributed by atoms with van der Waals surface area (Å²) in [6.07, 6.45) is 0. The molecule has 0 radical (unpaired) electrons. The highest BCUT2D eigenvalue weighted by Crippen LogP contribution is 2.28. The molecule has 0 atom stereocenters. The summed E-state index contributed by atoms with van der Waals surface area (Å²) in [5.74, 6) is -0.527. The van der Waals surface area contributed by atoms with E-state index in [-0.39, 0.29) is 4.90 Å². The highest BCUT2D eigenvalue weighted by Gasteiger charge is 2.17. The van der Waals surface area contributed by atoms with E-state index in [9.17, 15) is 8.42 Å². The molecule has 17 heavy (non-hydrogen) atoms. The number of nitrogens with zero attached hydrogens (tertiary/aromatic N) is 1. The number of hydrogen-bond donors (Lipinski definition) is 1. The number of hydrogen-bond acceptors (Lipinski definition) is 4. The smallest absolute Gasteiger partial charge is 0.192 e. The minimum Gasteiger partial charge on any atom is -0.398 e. The Hall–Kier alpha value is -2.06. The van der Waals surface area contributed by atoms with Gasteiger partial charge in [-0.2, -0.15) is 5.26 Å². The van der Waals surface area contributed by atoms with E-state index in [2.05, 4.69) is 0 Å². The number of fused-ring (bicyclic) bond motifs is 1. The third kappa shape index (κ3) is 1.95. The molecule has 0 aliphatic rings. The maximum absolute atomic E-state index is 11.9. The summed E-state index contributed by atoms with van der Waals surface area (Å²) in [7, 11) is -3.57. The molecule has 86 valence electrons. The second-order valence-corrected chi connectivity index (χ2v) is 5.57. The molecule has 0 fully saturated rings. The van der Waals surface area contributed by atoms with Crippen molar-refractivity contribution in [2.24, 2.45) is 0 Å². The number of nitrogen functional groups attached to an aromatic ring is 1. The quantitative estimate of drug-likeness (QED) is 0.818. The van der Waals surface area contributed by atoms with Crippen LogP contribution in [0.2, 0.25) is 0 Å². The Morgan fingerprint density at radius 3 is 2.41 bits per heavy atom. The molecule has 0 aromatic heterocycles. The van der Waals surface area contributed by atoms with E-state index in [1.807, 2.05) is 0 Å². The maximum Gasteiger partial charge on any atom is 0.192 e. The molecule has 5 heteroatoms. The maximum atomic E-state index is 11.9. The minimum absolute atomic E-state index is 0.156. The molecular weight excluding hydrogens is 236 g/mol. The fraction of sp³-hybridized carbons (Fsp3) is 0.0833. The highest BCUT2D eigenvalue weighted by molar-refractivity contribution is 7.91. The third-order valence-electron chi connectivity index (χ3n) is 2.51. The zero-order valence-corrected chi connectivity index (χ0v) is 9.74. The Labute approximate surface area is 99.2 Å². The van der Waals surface area contributed by atoms with Crippen LogP contribution in [-0.2, 0) is 9.84 Å².